The second-order valence-electron chi connectivity index (χ2n) is 5.54. The van der Waals surface area contributed by atoms with Gasteiger partial charge in [0.2, 0.25) is 0 Å². The van der Waals surface area contributed by atoms with Crippen molar-refractivity contribution in [3.63, 3.8) is 0 Å². The van der Waals surface area contributed by atoms with E-state index in [2.05, 4.69) is 4.74 Å². The molecule has 6 nitrogen and oxygen atoms in total. The van der Waals surface area contributed by atoms with Crippen LogP contribution < -0.4 is 0 Å². The van der Waals surface area contributed by atoms with Crippen LogP contribution in [0.1, 0.15) is 20.7 Å². The second kappa shape index (κ2) is 5.23. The third kappa shape index (κ3) is 2.33. The maximum atomic E-state index is 12.0. The zero-order chi connectivity index (χ0) is 17.8. The Kier molecular flexibility index (Phi) is 3.24. The smallest absolute Gasteiger partial charge is 0.346 e. The highest BCUT2D eigenvalue weighted by molar-refractivity contribution is 7.86. The molecule has 0 aromatic heterocycles. The Hall–Kier alpha value is -3.03. The first kappa shape index (κ1) is 15.5. The Morgan fingerprint density at radius 2 is 1.28 bits per heavy atom. The Balaban J connectivity index is 2.26. The fourth-order valence-electron chi connectivity index (χ4n) is 3.07. The Bertz CT molecular complexity index is 1140. The third-order valence-electron chi connectivity index (χ3n) is 4.11. The van der Waals surface area contributed by atoms with Crippen molar-refractivity contribution in [2.45, 2.75) is 4.90 Å². The molecule has 0 aliphatic carbocycles. The molecule has 0 bridgehead atoms. The summed E-state index contributed by atoms with van der Waals surface area (Å²) in [7, 11) is -4.58. The lowest BCUT2D eigenvalue weighted by Crippen LogP contribution is -2.20. The van der Waals surface area contributed by atoms with Crippen molar-refractivity contribution in [1.29, 1.82) is 0 Å². The summed E-state index contributed by atoms with van der Waals surface area (Å²) in [5.74, 6) is -1.70. The average molecular weight is 354 g/mol. The van der Waals surface area contributed by atoms with Gasteiger partial charge in [-0.2, -0.15) is 8.42 Å². The molecule has 3 aromatic rings. The summed E-state index contributed by atoms with van der Waals surface area (Å²) in [5.41, 5.74) is 1.32. The molecule has 1 N–H and O–H groups in total. The van der Waals surface area contributed by atoms with E-state index >= 15 is 0 Å². The fraction of sp³-hybridized carbons (Fsp3) is 0. The van der Waals surface area contributed by atoms with Crippen molar-refractivity contribution in [2.75, 3.05) is 0 Å². The van der Waals surface area contributed by atoms with Crippen molar-refractivity contribution in [3.8, 4) is 11.1 Å². The lowest BCUT2D eigenvalue weighted by atomic mass is 9.91. The zero-order valence-corrected chi connectivity index (χ0v) is 13.4. The third-order valence-corrected chi connectivity index (χ3v) is 5.01. The first-order valence-electron chi connectivity index (χ1n) is 7.27. The van der Waals surface area contributed by atoms with Crippen LogP contribution in [0.15, 0.2) is 59.5 Å². The molecular formula is C18H10O6S. The van der Waals surface area contributed by atoms with E-state index in [0.29, 0.717) is 11.1 Å². The minimum Gasteiger partial charge on any atom is -0.386 e. The van der Waals surface area contributed by atoms with Gasteiger partial charge in [-0.3, -0.25) is 4.55 Å². The summed E-state index contributed by atoms with van der Waals surface area (Å²) in [6, 6.07) is 14.3. The number of esters is 2. The summed E-state index contributed by atoms with van der Waals surface area (Å²) in [5, 5.41) is 0.284. The van der Waals surface area contributed by atoms with Gasteiger partial charge in [0, 0.05) is 10.8 Å². The largest absolute Gasteiger partial charge is 0.386 e. The van der Waals surface area contributed by atoms with Crippen molar-refractivity contribution < 1.29 is 27.3 Å². The molecule has 1 aliphatic rings. The lowest BCUT2D eigenvalue weighted by molar-refractivity contribution is 0.0391. The van der Waals surface area contributed by atoms with Gasteiger partial charge in [-0.1, -0.05) is 36.4 Å². The van der Waals surface area contributed by atoms with Gasteiger partial charge in [0.05, 0.1) is 11.1 Å². The average Bonchev–Trinajstić information content (AvgIpc) is 2.58. The number of carbonyl (C=O) groups excluding carboxylic acids is 2. The fourth-order valence-corrected chi connectivity index (χ4v) is 3.78. The summed E-state index contributed by atoms with van der Waals surface area (Å²) < 4.78 is 38.1. The van der Waals surface area contributed by atoms with Crippen molar-refractivity contribution in [3.05, 3.63) is 65.7 Å². The molecule has 124 valence electrons. The number of benzene rings is 3. The molecule has 0 spiro atoms. The summed E-state index contributed by atoms with van der Waals surface area (Å²) in [6.45, 7) is 0. The Morgan fingerprint density at radius 3 is 1.88 bits per heavy atom. The molecule has 0 saturated carbocycles. The molecule has 1 heterocycles. The summed E-state index contributed by atoms with van der Waals surface area (Å²) in [6.07, 6.45) is 0. The van der Waals surface area contributed by atoms with Crippen LogP contribution in [0.4, 0.5) is 0 Å². The predicted molar refractivity (Wildman–Crippen MR) is 88.9 cm³/mol. The molecule has 0 fully saturated rings. The molecule has 25 heavy (non-hydrogen) atoms. The van der Waals surface area contributed by atoms with Gasteiger partial charge in [0.15, 0.2) is 0 Å². The van der Waals surface area contributed by atoms with Crippen molar-refractivity contribution in [2.24, 2.45) is 0 Å². The van der Waals surface area contributed by atoms with E-state index in [1.807, 2.05) is 0 Å². The number of ether oxygens (including phenoxy) is 1. The summed E-state index contributed by atoms with van der Waals surface area (Å²) >= 11 is 0. The van der Waals surface area contributed by atoms with Crippen LogP contribution in [-0.2, 0) is 14.9 Å². The minimum absolute atomic E-state index is 0.0785. The van der Waals surface area contributed by atoms with Gasteiger partial charge < -0.3 is 4.74 Å². The van der Waals surface area contributed by atoms with E-state index < -0.39 is 22.1 Å². The molecule has 0 atom stereocenters. The number of rotatable bonds is 2. The maximum Gasteiger partial charge on any atom is 0.346 e. The predicted octanol–water partition coefficient (Wildman–Crippen LogP) is 3.06. The van der Waals surface area contributed by atoms with Crippen molar-refractivity contribution >= 4 is 32.8 Å². The lowest BCUT2D eigenvalue weighted by Gasteiger charge is -2.19. The van der Waals surface area contributed by atoms with Gasteiger partial charge in [-0.15, -0.1) is 0 Å². The van der Waals surface area contributed by atoms with Gasteiger partial charge >= 0.3 is 11.9 Å². The highest BCUT2D eigenvalue weighted by Crippen LogP contribution is 2.39. The highest BCUT2D eigenvalue weighted by Gasteiger charge is 2.31. The molecule has 7 heteroatoms. The molecule has 0 amide bonds. The highest BCUT2D eigenvalue weighted by atomic mass is 32.2. The molecule has 4 rings (SSSR count). The van der Waals surface area contributed by atoms with Crippen molar-refractivity contribution in [1.82, 2.24) is 0 Å². The number of hydrogen-bond acceptors (Lipinski definition) is 5. The Labute approximate surface area is 142 Å². The molecular weight excluding hydrogens is 344 g/mol. The normalized spacial score (nSPS) is 13.8. The minimum atomic E-state index is -4.58. The van der Waals surface area contributed by atoms with Gasteiger partial charge in [0.1, 0.15) is 4.90 Å². The van der Waals surface area contributed by atoms with Crippen LogP contribution in [0.25, 0.3) is 21.9 Å². The van der Waals surface area contributed by atoms with Crippen LogP contribution in [0.3, 0.4) is 0 Å². The van der Waals surface area contributed by atoms with Crippen LogP contribution in [-0.4, -0.2) is 24.9 Å². The zero-order valence-electron chi connectivity index (χ0n) is 12.6. The van der Waals surface area contributed by atoms with Gasteiger partial charge in [-0.25, -0.2) is 9.59 Å². The van der Waals surface area contributed by atoms with E-state index in [9.17, 15) is 22.6 Å². The molecule has 0 saturated heterocycles. The maximum absolute atomic E-state index is 12.0. The van der Waals surface area contributed by atoms with E-state index in [0.717, 1.165) is 6.07 Å². The van der Waals surface area contributed by atoms with Crippen LogP contribution in [0.2, 0.25) is 0 Å². The van der Waals surface area contributed by atoms with Gasteiger partial charge in [0.25, 0.3) is 10.1 Å². The van der Waals surface area contributed by atoms with Crippen LogP contribution in [0.5, 0.6) is 0 Å². The number of hydrogen-bond donors (Lipinski definition) is 1. The molecule has 1 aliphatic heterocycles. The van der Waals surface area contributed by atoms with Crippen LogP contribution in [0, 0.1) is 0 Å². The molecule has 3 aromatic carbocycles. The quantitative estimate of drug-likeness (QED) is 0.431. The standard InChI is InChI=1S/C18H10O6S/c19-17-12-7-6-11(10-4-2-1-3-5-10)16-14(25(21,22)23)9-8-13(15(12)16)18(20)24-17/h1-9H,(H,21,22,23). The van der Waals surface area contributed by atoms with E-state index in [4.69, 9.17) is 0 Å². The van der Waals surface area contributed by atoms with Crippen LogP contribution >= 0.6 is 0 Å². The summed E-state index contributed by atoms with van der Waals surface area (Å²) in [4.78, 5) is 23.7. The topological polar surface area (TPSA) is 97.7 Å². The first-order valence-corrected chi connectivity index (χ1v) is 8.71. The SMILES string of the molecule is O=C1OC(=O)c2ccc(S(=O)(=O)O)c3c(-c4ccccc4)ccc1c23. The second-order valence-corrected chi connectivity index (χ2v) is 6.93. The van der Waals surface area contributed by atoms with Gasteiger partial charge in [-0.05, 0) is 29.3 Å². The number of carbonyl (C=O) groups is 2. The first-order chi connectivity index (χ1) is 11.9. The molecule has 0 unspecified atom stereocenters. The van der Waals surface area contributed by atoms with E-state index in [1.54, 1.807) is 36.4 Å². The molecule has 0 radical (unpaired) electrons. The van der Waals surface area contributed by atoms with E-state index in [1.165, 1.54) is 12.1 Å². The number of cyclic esters (lactones) is 2. The Morgan fingerprint density at radius 1 is 0.720 bits per heavy atom. The monoisotopic (exact) mass is 354 g/mol. The van der Waals surface area contributed by atoms with E-state index in [-0.39, 0.29) is 26.8 Å².